The Morgan fingerprint density at radius 2 is 2.15 bits per heavy atom. The molecule has 1 aromatic carbocycles. The van der Waals surface area contributed by atoms with Gasteiger partial charge < -0.3 is 10.0 Å². The van der Waals surface area contributed by atoms with E-state index in [1.165, 1.54) is 0 Å². The summed E-state index contributed by atoms with van der Waals surface area (Å²) in [6.07, 6.45) is 0.478. The monoisotopic (exact) mass is 289 g/mol. The van der Waals surface area contributed by atoms with E-state index in [-0.39, 0.29) is 12.5 Å². The van der Waals surface area contributed by atoms with Crippen LogP contribution in [0, 0.1) is 18.8 Å². The Balaban J connectivity index is 2.12. The van der Waals surface area contributed by atoms with E-state index < -0.39 is 0 Å². The molecule has 1 aromatic rings. The van der Waals surface area contributed by atoms with Crippen molar-refractivity contribution in [2.24, 2.45) is 0 Å². The molecule has 0 spiro atoms. The minimum Gasteiger partial charge on any atom is -0.395 e. The van der Waals surface area contributed by atoms with Crippen LogP contribution in [0.15, 0.2) is 18.2 Å². The highest BCUT2D eigenvalue weighted by atomic mass is 32.2. The number of aryl methyl sites for hydroxylation is 1. The van der Waals surface area contributed by atoms with Gasteiger partial charge in [0, 0.05) is 42.1 Å². The number of rotatable bonds is 2. The number of amides is 1. The van der Waals surface area contributed by atoms with Crippen molar-refractivity contribution < 1.29 is 9.90 Å². The Bertz CT molecular complexity index is 539. The molecule has 1 aliphatic heterocycles. The summed E-state index contributed by atoms with van der Waals surface area (Å²) in [5, 5.41) is 8.72. The van der Waals surface area contributed by atoms with Crippen molar-refractivity contribution in [3.05, 3.63) is 34.9 Å². The summed E-state index contributed by atoms with van der Waals surface area (Å²) in [6.45, 7) is 3.71. The highest BCUT2D eigenvalue weighted by Gasteiger charge is 2.18. The first-order chi connectivity index (χ1) is 9.72. The fourth-order valence-electron chi connectivity index (χ4n) is 2.10. The molecule has 1 aliphatic rings. The van der Waals surface area contributed by atoms with Gasteiger partial charge in [-0.25, -0.2) is 0 Å². The van der Waals surface area contributed by atoms with E-state index in [1.54, 1.807) is 0 Å². The van der Waals surface area contributed by atoms with Gasteiger partial charge in [-0.05, 0) is 30.7 Å². The summed E-state index contributed by atoms with van der Waals surface area (Å²) in [5.41, 5.74) is 2.67. The van der Waals surface area contributed by atoms with Gasteiger partial charge in [-0.2, -0.15) is 11.8 Å². The van der Waals surface area contributed by atoms with E-state index in [0.29, 0.717) is 6.42 Å². The normalized spacial score (nSPS) is 14.6. The van der Waals surface area contributed by atoms with Crippen LogP contribution in [0.2, 0.25) is 0 Å². The third-order valence-corrected chi connectivity index (χ3v) is 4.17. The average molecular weight is 289 g/mol. The number of aliphatic hydroxyl groups is 1. The molecule has 106 valence electrons. The van der Waals surface area contributed by atoms with Crippen LogP contribution in [-0.2, 0) is 0 Å². The predicted octanol–water partition coefficient (Wildman–Crippen LogP) is 1.92. The molecule has 1 heterocycles. The summed E-state index contributed by atoms with van der Waals surface area (Å²) in [5.74, 6) is 8.09. The molecule has 0 saturated carbocycles. The van der Waals surface area contributed by atoms with Crippen molar-refractivity contribution in [1.29, 1.82) is 0 Å². The molecule has 1 fully saturated rings. The highest BCUT2D eigenvalue weighted by Crippen LogP contribution is 2.15. The van der Waals surface area contributed by atoms with E-state index in [2.05, 4.69) is 11.8 Å². The number of carbonyl (C=O) groups is 1. The van der Waals surface area contributed by atoms with Crippen molar-refractivity contribution in [1.82, 2.24) is 4.90 Å². The van der Waals surface area contributed by atoms with Crippen LogP contribution >= 0.6 is 11.8 Å². The number of hydrogen-bond donors (Lipinski definition) is 1. The second-order valence-electron chi connectivity index (χ2n) is 4.71. The van der Waals surface area contributed by atoms with Crippen LogP contribution in [0.1, 0.15) is 27.9 Å². The van der Waals surface area contributed by atoms with Crippen molar-refractivity contribution in [2.45, 2.75) is 13.3 Å². The molecule has 0 bridgehead atoms. The Labute approximate surface area is 124 Å². The van der Waals surface area contributed by atoms with Gasteiger partial charge in [0.05, 0.1) is 6.61 Å². The molecule has 3 nitrogen and oxygen atoms in total. The van der Waals surface area contributed by atoms with Gasteiger partial charge in [-0.1, -0.05) is 11.8 Å². The smallest absolute Gasteiger partial charge is 0.253 e. The third-order valence-electron chi connectivity index (χ3n) is 3.23. The second kappa shape index (κ2) is 7.37. The molecule has 0 aliphatic carbocycles. The van der Waals surface area contributed by atoms with E-state index >= 15 is 0 Å². The fraction of sp³-hybridized carbons (Fsp3) is 0.438. The van der Waals surface area contributed by atoms with Gasteiger partial charge in [-0.3, -0.25) is 4.79 Å². The molecule has 1 N–H and O–H groups in total. The average Bonchev–Trinajstić information content (AvgIpc) is 2.49. The molecule has 0 radical (unpaired) electrons. The SMILES string of the molecule is Cc1cc(C(=O)N2CCSCC2)ccc1C#CCCO. The number of hydrogen-bond acceptors (Lipinski definition) is 3. The van der Waals surface area contributed by atoms with Crippen molar-refractivity contribution in [2.75, 3.05) is 31.2 Å². The Kier molecular flexibility index (Phi) is 5.51. The van der Waals surface area contributed by atoms with Crippen LogP contribution in [0.25, 0.3) is 0 Å². The van der Waals surface area contributed by atoms with E-state index in [1.807, 2.05) is 41.8 Å². The topological polar surface area (TPSA) is 40.5 Å². The van der Waals surface area contributed by atoms with E-state index in [4.69, 9.17) is 5.11 Å². The molecule has 1 saturated heterocycles. The van der Waals surface area contributed by atoms with Gasteiger partial charge >= 0.3 is 0 Å². The van der Waals surface area contributed by atoms with Gasteiger partial charge in [-0.15, -0.1) is 0 Å². The molecule has 1 amide bonds. The molecule has 20 heavy (non-hydrogen) atoms. The minimum atomic E-state index is 0.0790. The zero-order chi connectivity index (χ0) is 14.4. The Morgan fingerprint density at radius 3 is 2.80 bits per heavy atom. The molecule has 2 rings (SSSR count). The van der Waals surface area contributed by atoms with Crippen molar-refractivity contribution >= 4 is 17.7 Å². The predicted molar refractivity (Wildman–Crippen MR) is 83.0 cm³/mol. The van der Waals surface area contributed by atoms with Crippen LogP contribution in [0.4, 0.5) is 0 Å². The Hall–Kier alpha value is -1.44. The summed E-state index contributed by atoms with van der Waals surface area (Å²) in [4.78, 5) is 14.3. The maximum atomic E-state index is 12.4. The first kappa shape index (κ1) is 15.0. The van der Waals surface area contributed by atoms with Crippen molar-refractivity contribution in [3.63, 3.8) is 0 Å². The molecule has 4 heteroatoms. The lowest BCUT2D eigenvalue weighted by Gasteiger charge is -2.26. The maximum absolute atomic E-state index is 12.4. The number of nitrogens with zero attached hydrogens (tertiary/aromatic N) is 1. The summed E-state index contributed by atoms with van der Waals surface area (Å²) < 4.78 is 0. The molecule has 0 unspecified atom stereocenters. The fourth-order valence-corrected chi connectivity index (χ4v) is 3.00. The molecule has 0 atom stereocenters. The number of carbonyl (C=O) groups excluding carboxylic acids is 1. The maximum Gasteiger partial charge on any atom is 0.253 e. The van der Waals surface area contributed by atoms with E-state index in [0.717, 1.165) is 41.3 Å². The quantitative estimate of drug-likeness (QED) is 0.846. The lowest BCUT2D eigenvalue weighted by molar-refractivity contribution is 0.0772. The Morgan fingerprint density at radius 1 is 1.40 bits per heavy atom. The number of benzene rings is 1. The van der Waals surface area contributed by atoms with Gasteiger partial charge in [0.25, 0.3) is 5.91 Å². The molecule has 0 aromatic heterocycles. The van der Waals surface area contributed by atoms with Gasteiger partial charge in [0.15, 0.2) is 0 Å². The number of aliphatic hydroxyl groups excluding tert-OH is 1. The van der Waals surface area contributed by atoms with E-state index in [9.17, 15) is 4.79 Å². The minimum absolute atomic E-state index is 0.0790. The second-order valence-corrected chi connectivity index (χ2v) is 5.93. The van der Waals surface area contributed by atoms with Crippen LogP contribution in [0.3, 0.4) is 0 Å². The molecular weight excluding hydrogens is 270 g/mol. The lowest BCUT2D eigenvalue weighted by Crippen LogP contribution is -2.37. The summed E-state index contributed by atoms with van der Waals surface area (Å²) in [7, 11) is 0. The first-order valence-corrected chi connectivity index (χ1v) is 7.95. The first-order valence-electron chi connectivity index (χ1n) is 6.80. The summed E-state index contributed by atoms with van der Waals surface area (Å²) in [6, 6.07) is 5.65. The zero-order valence-corrected chi connectivity index (χ0v) is 12.5. The number of thioether (sulfide) groups is 1. The van der Waals surface area contributed by atoms with Crippen LogP contribution in [0.5, 0.6) is 0 Å². The van der Waals surface area contributed by atoms with Crippen LogP contribution in [-0.4, -0.2) is 47.1 Å². The largest absolute Gasteiger partial charge is 0.395 e. The van der Waals surface area contributed by atoms with Gasteiger partial charge in [0.2, 0.25) is 0 Å². The summed E-state index contributed by atoms with van der Waals surface area (Å²) >= 11 is 1.90. The van der Waals surface area contributed by atoms with Gasteiger partial charge in [0.1, 0.15) is 0 Å². The zero-order valence-electron chi connectivity index (χ0n) is 11.7. The highest BCUT2D eigenvalue weighted by molar-refractivity contribution is 7.99. The van der Waals surface area contributed by atoms with Crippen molar-refractivity contribution in [3.8, 4) is 11.8 Å². The lowest BCUT2D eigenvalue weighted by atomic mass is 10.0. The van der Waals surface area contributed by atoms with Crippen LogP contribution < -0.4 is 0 Å². The third kappa shape index (κ3) is 3.78. The molecular formula is C16H19NO2S. The standard InChI is InChI=1S/C16H19NO2S/c1-13-12-15(6-5-14(13)4-2-3-9-18)16(19)17-7-10-20-11-8-17/h5-6,12,18H,3,7-11H2,1H3.